The number of piperidine rings is 1. The molecule has 0 amide bonds. The summed E-state index contributed by atoms with van der Waals surface area (Å²) in [5.41, 5.74) is 1.09. The van der Waals surface area contributed by atoms with Crippen molar-refractivity contribution in [2.45, 2.75) is 18.9 Å². The fourth-order valence-electron chi connectivity index (χ4n) is 2.90. The monoisotopic (exact) mass is 293 g/mol. The molecule has 19 heavy (non-hydrogen) atoms. The summed E-state index contributed by atoms with van der Waals surface area (Å²) in [4.78, 5) is 5.02. The summed E-state index contributed by atoms with van der Waals surface area (Å²) < 4.78 is 4.13. The molecule has 7 heteroatoms. The van der Waals surface area contributed by atoms with Crippen LogP contribution in [0, 0.1) is 0 Å². The van der Waals surface area contributed by atoms with Gasteiger partial charge in [0.25, 0.3) is 0 Å². The lowest BCUT2D eigenvalue weighted by molar-refractivity contribution is 0.250. The molecule has 0 spiro atoms. The fourth-order valence-corrected chi connectivity index (χ4v) is 4.42. The Morgan fingerprint density at radius 3 is 2.79 bits per heavy atom. The summed E-state index contributed by atoms with van der Waals surface area (Å²) in [7, 11) is 0. The van der Waals surface area contributed by atoms with Gasteiger partial charge in [-0.2, -0.15) is 0 Å². The Labute approximate surface area is 120 Å². The van der Waals surface area contributed by atoms with Gasteiger partial charge in [0.15, 0.2) is 5.01 Å². The highest BCUT2D eigenvalue weighted by molar-refractivity contribution is 7.18. The first-order chi connectivity index (χ1) is 9.40. The Balaban J connectivity index is 1.62. The van der Waals surface area contributed by atoms with E-state index in [9.17, 15) is 0 Å². The highest BCUT2D eigenvalue weighted by atomic mass is 32.1. The average molecular weight is 293 g/mol. The second-order valence-electron chi connectivity index (χ2n) is 5.07. The predicted molar refractivity (Wildman–Crippen MR) is 77.8 cm³/mol. The number of nitrogens with zero attached hydrogens (tertiary/aromatic N) is 5. The van der Waals surface area contributed by atoms with E-state index in [4.69, 9.17) is 0 Å². The Morgan fingerprint density at radius 1 is 1.11 bits per heavy atom. The molecule has 2 aromatic rings. The average Bonchev–Trinajstić information content (AvgIpc) is 3.05. The molecule has 3 saturated heterocycles. The maximum atomic E-state index is 4.41. The Bertz CT molecular complexity index is 544. The highest BCUT2D eigenvalue weighted by Gasteiger charge is 2.30. The summed E-state index contributed by atoms with van der Waals surface area (Å²) in [5.74, 6) is 0. The van der Waals surface area contributed by atoms with Gasteiger partial charge in [-0.25, -0.2) is 4.37 Å². The summed E-state index contributed by atoms with van der Waals surface area (Å²) in [6.07, 6.45) is 4.39. The predicted octanol–water partition coefficient (Wildman–Crippen LogP) is 1.95. The van der Waals surface area contributed by atoms with E-state index in [1.807, 2.05) is 11.6 Å². The van der Waals surface area contributed by atoms with Crippen LogP contribution in [0.2, 0.25) is 0 Å². The van der Waals surface area contributed by atoms with Crippen LogP contribution in [-0.4, -0.2) is 51.7 Å². The molecule has 0 unspecified atom stereocenters. The van der Waals surface area contributed by atoms with Gasteiger partial charge in [-0.05, 0) is 24.4 Å². The summed E-state index contributed by atoms with van der Waals surface area (Å²) >= 11 is 3.16. The molecule has 0 saturated carbocycles. The largest absolute Gasteiger partial charge is 0.342 e. The second kappa shape index (κ2) is 4.81. The van der Waals surface area contributed by atoms with E-state index in [0.29, 0.717) is 6.04 Å². The van der Waals surface area contributed by atoms with Crippen molar-refractivity contribution < 1.29 is 0 Å². The Morgan fingerprint density at radius 2 is 2.00 bits per heavy atom. The van der Waals surface area contributed by atoms with Crippen molar-refractivity contribution in [3.05, 3.63) is 11.6 Å². The molecule has 5 rings (SSSR count). The maximum Gasteiger partial charge on any atom is 0.208 e. The van der Waals surface area contributed by atoms with Crippen LogP contribution in [-0.2, 0) is 0 Å². The minimum absolute atomic E-state index is 0.653. The normalized spacial score (nSPS) is 26.6. The molecule has 0 atom stereocenters. The number of rotatable bonds is 2. The van der Waals surface area contributed by atoms with Crippen LogP contribution in [0.5, 0.6) is 0 Å². The third kappa shape index (κ3) is 2.15. The van der Waals surface area contributed by atoms with Crippen molar-refractivity contribution in [2.75, 3.05) is 31.1 Å². The summed E-state index contributed by atoms with van der Waals surface area (Å²) in [6, 6.07) is 0.653. The van der Waals surface area contributed by atoms with Crippen molar-refractivity contribution in [2.24, 2.45) is 0 Å². The first-order valence-electron chi connectivity index (χ1n) is 6.62. The first kappa shape index (κ1) is 11.7. The van der Waals surface area contributed by atoms with Crippen LogP contribution in [0.25, 0.3) is 10.6 Å². The zero-order valence-electron chi connectivity index (χ0n) is 10.5. The van der Waals surface area contributed by atoms with Gasteiger partial charge in [-0.3, -0.25) is 0 Å². The molecular formula is C12H15N5S2. The van der Waals surface area contributed by atoms with Gasteiger partial charge in [0.1, 0.15) is 0 Å². The molecule has 5 nitrogen and oxygen atoms in total. The maximum absolute atomic E-state index is 4.41. The third-order valence-corrected chi connectivity index (χ3v) is 5.59. The molecule has 0 radical (unpaired) electrons. The van der Waals surface area contributed by atoms with Crippen LogP contribution in [0.3, 0.4) is 0 Å². The lowest BCUT2D eigenvalue weighted by atomic mass is 10.1. The quantitative estimate of drug-likeness (QED) is 0.847. The van der Waals surface area contributed by atoms with E-state index in [1.165, 1.54) is 37.5 Å². The van der Waals surface area contributed by atoms with E-state index in [1.54, 1.807) is 11.3 Å². The van der Waals surface area contributed by atoms with Crippen molar-refractivity contribution in [3.63, 3.8) is 0 Å². The van der Waals surface area contributed by atoms with E-state index in [0.717, 1.165) is 28.8 Å². The molecule has 5 heterocycles. The van der Waals surface area contributed by atoms with Gasteiger partial charge in [0.05, 0.1) is 6.20 Å². The molecule has 3 aliphatic heterocycles. The highest BCUT2D eigenvalue weighted by Crippen LogP contribution is 2.33. The topological polar surface area (TPSA) is 45.2 Å². The van der Waals surface area contributed by atoms with Crippen molar-refractivity contribution in [1.82, 2.24) is 19.5 Å². The van der Waals surface area contributed by atoms with Gasteiger partial charge in [-0.15, -0.1) is 10.2 Å². The lowest BCUT2D eigenvalue weighted by Gasteiger charge is -2.30. The van der Waals surface area contributed by atoms with Crippen LogP contribution in [0.15, 0.2) is 11.6 Å². The van der Waals surface area contributed by atoms with E-state index >= 15 is 0 Å². The molecule has 3 fully saturated rings. The molecule has 3 aliphatic rings. The van der Waals surface area contributed by atoms with Gasteiger partial charge in [0.2, 0.25) is 5.13 Å². The Kier molecular flexibility index (Phi) is 2.97. The number of hydrogen-bond acceptors (Lipinski definition) is 7. The van der Waals surface area contributed by atoms with Crippen molar-refractivity contribution >= 4 is 28.0 Å². The Hall–Kier alpha value is -1.05. The number of aromatic nitrogens is 3. The SMILES string of the molecule is c1nscc1-c1nnc(N2CCN3CCC2CC3)s1. The fraction of sp³-hybridized carbons (Fsp3) is 0.583. The van der Waals surface area contributed by atoms with Gasteiger partial charge in [0, 0.05) is 43.2 Å². The van der Waals surface area contributed by atoms with Gasteiger partial charge < -0.3 is 9.80 Å². The smallest absolute Gasteiger partial charge is 0.208 e. The van der Waals surface area contributed by atoms with Crippen molar-refractivity contribution in [1.29, 1.82) is 0 Å². The number of anilines is 1. The summed E-state index contributed by atoms with van der Waals surface area (Å²) in [6.45, 7) is 4.72. The molecule has 0 aromatic carbocycles. The van der Waals surface area contributed by atoms with Gasteiger partial charge >= 0.3 is 0 Å². The zero-order chi connectivity index (χ0) is 12.7. The van der Waals surface area contributed by atoms with E-state index in [2.05, 4.69) is 24.4 Å². The van der Waals surface area contributed by atoms with Crippen LogP contribution in [0.4, 0.5) is 5.13 Å². The number of hydrogen-bond donors (Lipinski definition) is 0. The molecule has 2 aromatic heterocycles. The standard InChI is InChI=1S/C12H15N5S2/c1-3-16-4-2-10(1)17(6-5-16)12-15-14-11(19-12)9-7-13-18-8-9/h7-8,10H,1-6H2. The van der Waals surface area contributed by atoms with E-state index < -0.39 is 0 Å². The van der Waals surface area contributed by atoms with E-state index in [-0.39, 0.29) is 0 Å². The number of fused-ring (bicyclic) bond motifs is 4. The van der Waals surface area contributed by atoms with Crippen LogP contribution in [0.1, 0.15) is 12.8 Å². The molecule has 0 aliphatic carbocycles. The van der Waals surface area contributed by atoms with Crippen LogP contribution >= 0.6 is 22.9 Å². The van der Waals surface area contributed by atoms with Crippen molar-refractivity contribution in [3.8, 4) is 10.6 Å². The van der Waals surface area contributed by atoms with Crippen LogP contribution < -0.4 is 4.90 Å². The zero-order valence-corrected chi connectivity index (χ0v) is 12.2. The molecule has 0 N–H and O–H groups in total. The second-order valence-corrected chi connectivity index (χ2v) is 6.68. The lowest BCUT2D eigenvalue weighted by Crippen LogP contribution is -2.37. The summed E-state index contributed by atoms with van der Waals surface area (Å²) in [5, 5.41) is 12.8. The third-order valence-electron chi connectivity index (χ3n) is 3.99. The van der Waals surface area contributed by atoms with Gasteiger partial charge in [-0.1, -0.05) is 11.3 Å². The first-order valence-corrected chi connectivity index (χ1v) is 8.28. The molecule has 2 bridgehead atoms. The molecule has 100 valence electrons. The minimum Gasteiger partial charge on any atom is -0.342 e. The molecular weight excluding hydrogens is 278 g/mol. The minimum atomic E-state index is 0.653.